The first-order valence-corrected chi connectivity index (χ1v) is 9.83. The smallest absolute Gasteiger partial charge is 0.138 e. The summed E-state index contributed by atoms with van der Waals surface area (Å²) in [5.41, 5.74) is 8.70. The highest BCUT2D eigenvalue weighted by Gasteiger charge is 2.31. The number of halogens is 1. The second kappa shape index (κ2) is 6.43. The molecule has 0 unspecified atom stereocenters. The third-order valence-electron chi connectivity index (χ3n) is 4.79. The van der Waals surface area contributed by atoms with E-state index < -0.39 is 0 Å². The third-order valence-corrected chi connectivity index (χ3v) is 6.21. The minimum Gasteiger partial charge on any atom is -0.369 e. The van der Waals surface area contributed by atoms with Crippen LogP contribution in [0, 0.1) is 0 Å². The number of anilines is 1. The number of nitrogens with zero attached hydrogens (tertiary/aromatic N) is 2. The molecule has 1 fully saturated rings. The maximum absolute atomic E-state index is 6.32. The minimum atomic E-state index is 0.0301. The predicted octanol–water partition coefficient (Wildman–Crippen LogP) is 4.80. The van der Waals surface area contributed by atoms with E-state index in [1.165, 1.54) is 17.5 Å². The average Bonchev–Trinajstić information content (AvgIpc) is 2.99. The van der Waals surface area contributed by atoms with Crippen molar-refractivity contribution in [1.82, 2.24) is 9.97 Å². The van der Waals surface area contributed by atoms with Crippen LogP contribution in [0.25, 0.3) is 21.3 Å². The monoisotopic (exact) mass is 402 g/mol. The molecule has 2 aromatic heterocycles. The van der Waals surface area contributed by atoms with E-state index in [0.717, 1.165) is 46.3 Å². The predicted molar refractivity (Wildman–Crippen MR) is 104 cm³/mol. The Labute approximate surface area is 153 Å². The Hall–Kier alpha value is -1.50. The van der Waals surface area contributed by atoms with Gasteiger partial charge in [0.25, 0.3) is 0 Å². The fraction of sp³-hybridized carbons (Fsp3) is 0.333. The Bertz CT molecular complexity index is 855. The lowest BCUT2D eigenvalue weighted by Gasteiger charge is -2.38. The molecule has 24 heavy (non-hydrogen) atoms. The van der Waals surface area contributed by atoms with Crippen LogP contribution in [-0.2, 0) is 0 Å². The van der Waals surface area contributed by atoms with E-state index >= 15 is 0 Å². The number of thiophene rings is 1. The fourth-order valence-electron chi connectivity index (χ4n) is 3.16. The molecule has 1 aliphatic rings. The van der Waals surface area contributed by atoms with E-state index in [1.807, 2.05) is 0 Å². The summed E-state index contributed by atoms with van der Waals surface area (Å²) >= 11 is 5.15. The first kappa shape index (κ1) is 16.0. The van der Waals surface area contributed by atoms with Crippen LogP contribution >= 0.6 is 27.3 Å². The largest absolute Gasteiger partial charge is 0.369 e. The second-order valence-electron chi connectivity index (χ2n) is 6.45. The van der Waals surface area contributed by atoms with Crippen molar-refractivity contribution < 1.29 is 0 Å². The number of rotatable bonds is 5. The molecular formula is C18H19BrN4S. The summed E-state index contributed by atoms with van der Waals surface area (Å²) in [6, 6.07) is 8.35. The molecule has 0 amide bonds. The van der Waals surface area contributed by atoms with Crippen molar-refractivity contribution in [1.29, 1.82) is 0 Å². The van der Waals surface area contributed by atoms with Gasteiger partial charge < -0.3 is 11.1 Å². The Balaban J connectivity index is 1.63. The van der Waals surface area contributed by atoms with Gasteiger partial charge >= 0.3 is 0 Å². The van der Waals surface area contributed by atoms with Gasteiger partial charge in [-0.15, -0.1) is 11.3 Å². The molecule has 3 aromatic rings. The summed E-state index contributed by atoms with van der Waals surface area (Å²) < 4.78 is 1.08. The summed E-state index contributed by atoms with van der Waals surface area (Å²) in [6.45, 7) is 0.845. The van der Waals surface area contributed by atoms with E-state index in [4.69, 9.17) is 5.73 Å². The first-order chi connectivity index (χ1) is 11.6. The van der Waals surface area contributed by atoms with Crippen LogP contribution in [0.5, 0.6) is 0 Å². The quantitative estimate of drug-likeness (QED) is 0.642. The number of nitrogens with one attached hydrogen (secondary N) is 1. The molecule has 6 heteroatoms. The Morgan fingerprint density at radius 1 is 1.21 bits per heavy atom. The number of nitrogens with two attached hydrogens (primary N) is 1. The van der Waals surface area contributed by atoms with Gasteiger partial charge in [0.15, 0.2) is 0 Å². The molecule has 4 nitrogen and oxygen atoms in total. The molecule has 124 valence electrons. The van der Waals surface area contributed by atoms with Gasteiger partial charge in [-0.1, -0.05) is 28.1 Å². The highest BCUT2D eigenvalue weighted by Crippen LogP contribution is 2.37. The van der Waals surface area contributed by atoms with Crippen LogP contribution in [0.4, 0.5) is 5.82 Å². The fourth-order valence-corrected chi connectivity index (χ4v) is 4.34. The van der Waals surface area contributed by atoms with Gasteiger partial charge in [0.1, 0.15) is 17.0 Å². The summed E-state index contributed by atoms with van der Waals surface area (Å²) in [5.74, 6) is 0.905. The Morgan fingerprint density at radius 2 is 2.00 bits per heavy atom. The SMILES string of the molecule is NC1(CCNc2ncnc3scc(-c4ccc(Br)cc4)c23)CCC1. The zero-order valence-corrected chi connectivity index (χ0v) is 15.7. The third kappa shape index (κ3) is 3.06. The van der Waals surface area contributed by atoms with E-state index in [9.17, 15) is 0 Å². The number of fused-ring (bicyclic) bond motifs is 1. The van der Waals surface area contributed by atoms with E-state index in [1.54, 1.807) is 17.7 Å². The van der Waals surface area contributed by atoms with Gasteiger partial charge in [-0.25, -0.2) is 9.97 Å². The lowest BCUT2D eigenvalue weighted by atomic mass is 9.75. The van der Waals surface area contributed by atoms with Crippen LogP contribution in [-0.4, -0.2) is 22.1 Å². The number of hydrogen-bond donors (Lipinski definition) is 2. The Kier molecular flexibility index (Phi) is 4.28. The molecule has 0 aliphatic heterocycles. The van der Waals surface area contributed by atoms with Crippen LogP contribution in [0.1, 0.15) is 25.7 Å². The molecule has 0 saturated heterocycles. The van der Waals surface area contributed by atoms with Crippen molar-refractivity contribution in [3.05, 3.63) is 40.4 Å². The first-order valence-electron chi connectivity index (χ1n) is 8.16. The second-order valence-corrected chi connectivity index (χ2v) is 8.23. The summed E-state index contributed by atoms with van der Waals surface area (Å²) in [5, 5.41) is 6.74. The molecule has 1 aliphatic carbocycles. The molecule has 0 radical (unpaired) electrons. The van der Waals surface area contributed by atoms with Gasteiger partial charge in [0.05, 0.1) is 5.39 Å². The summed E-state index contributed by atoms with van der Waals surface area (Å²) in [6.07, 6.45) is 6.14. The zero-order valence-electron chi connectivity index (χ0n) is 13.3. The highest BCUT2D eigenvalue weighted by molar-refractivity contribution is 9.10. The molecule has 2 heterocycles. The van der Waals surface area contributed by atoms with Crippen molar-refractivity contribution in [2.24, 2.45) is 5.73 Å². The average molecular weight is 403 g/mol. The van der Waals surface area contributed by atoms with Crippen LogP contribution in [0.15, 0.2) is 40.4 Å². The van der Waals surface area contributed by atoms with Crippen molar-refractivity contribution in [3.63, 3.8) is 0 Å². The van der Waals surface area contributed by atoms with Gasteiger partial charge in [-0.2, -0.15) is 0 Å². The normalized spacial score (nSPS) is 16.1. The van der Waals surface area contributed by atoms with E-state index in [2.05, 4.69) is 60.9 Å². The number of hydrogen-bond acceptors (Lipinski definition) is 5. The molecule has 1 aromatic carbocycles. The maximum Gasteiger partial charge on any atom is 0.138 e. The minimum absolute atomic E-state index is 0.0301. The van der Waals surface area contributed by atoms with Gasteiger partial charge in [-0.05, 0) is 43.4 Å². The van der Waals surface area contributed by atoms with Crippen LogP contribution in [0.2, 0.25) is 0 Å². The lowest BCUT2D eigenvalue weighted by molar-refractivity contribution is 0.237. The highest BCUT2D eigenvalue weighted by atomic mass is 79.9. The topological polar surface area (TPSA) is 63.8 Å². The van der Waals surface area contributed by atoms with Crippen molar-refractivity contribution in [2.75, 3.05) is 11.9 Å². The summed E-state index contributed by atoms with van der Waals surface area (Å²) in [7, 11) is 0. The molecular weight excluding hydrogens is 384 g/mol. The number of aromatic nitrogens is 2. The standard InChI is InChI=1S/C18H19BrN4S/c19-13-4-2-12(3-5-13)14-10-24-17-15(14)16(22-11-23-17)21-9-8-18(20)6-1-7-18/h2-5,10-11H,1,6-9,20H2,(H,21,22,23). The molecule has 3 N–H and O–H groups in total. The lowest BCUT2D eigenvalue weighted by Crippen LogP contribution is -2.47. The van der Waals surface area contributed by atoms with E-state index in [-0.39, 0.29) is 5.54 Å². The Morgan fingerprint density at radius 3 is 2.71 bits per heavy atom. The maximum atomic E-state index is 6.32. The molecule has 0 spiro atoms. The zero-order chi connectivity index (χ0) is 16.6. The summed E-state index contributed by atoms with van der Waals surface area (Å²) in [4.78, 5) is 9.91. The van der Waals surface area contributed by atoms with Crippen LogP contribution < -0.4 is 11.1 Å². The van der Waals surface area contributed by atoms with Crippen molar-refractivity contribution >= 4 is 43.3 Å². The van der Waals surface area contributed by atoms with Crippen LogP contribution in [0.3, 0.4) is 0 Å². The number of benzene rings is 1. The van der Waals surface area contributed by atoms with Crippen molar-refractivity contribution in [2.45, 2.75) is 31.2 Å². The molecule has 1 saturated carbocycles. The molecule has 0 bridgehead atoms. The van der Waals surface area contributed by atoms with Gasteiger partial charge in [-0.3, -0.25) is 0 Å². The van der Waals surface area contributed by atoms with Crippen molar-refractivity contribution in [3.8, 4) is 11.1 Å². The van der Waals surface area contributed by atoms with Gasteiger partial charge in [0, 0.05) is 27.5 Å². The van der Waals surface area contributed by atoms with Gasteiger partial charge in [0.2, 0.25) is 0 Å². The molecule has 0 atom stereocenters. The van der Waals surface area contributed by atoms with E-state index in [0.29, 0.717) is 0 Å². The molecule has 4 rings (SSSR count).